The molecule has 1 fully saturated rings. The first kappa shape index (κ1) is 18.1. The lowest BCUT2D eigenvalue weighted by Gasteiger charge is -2.25. The maximum Gasteiger partial charge on any atom is 0.223 e. The normalized spacial score (nSPS) is 15.4. The predicted octanol–water partition coefficient (Wildman–Crippen LogP) is 3.88. The molecule has 1 aromatic rings. The number of amides is 1. The van der Waals surface area contributed by atoms with Gasteiger partial charge in [-0.05, 0) is 56.5 Å². The third-order valence-electron chi connectivity index (χ3n) is 4.30. The van der Waals surface area contributed by atoms with Gasteiger partial charge < -0.3 is 10.2 Å². The van der Waals surface area contributed by atoms with Gasteiger partial charge in [-0.25, -0.2) is 4.39 Å². The van der Waals surface area contributed by atoms with Gasteiger partial charge in [-0.2, -0.15) is 0 Å². The number of carbonyl (C=O) groups is 1. The molecule has 2 rings (SSSR count). The molecule has 0 bridgehead atoms. The molecule has 0 spiro atoms. The Hall–Kier alpha value is -1.20. The van der Waals surface area contributed by atoms with Crippen LogP contribution in [0.5, 0.6) is 0 Å². The molecule has 0 aliphatic carbocycles. The van der Waals surface area contributed by atoms with E-state index in [0.29, 0.717) is 24.4 Å². The summed E-state index contributed by atoms with van der Waals surface area (Å²) in [6.45, 7) is 6.51. The average molecular weight is 383 g/mol. The Labute approximate surface area is 146 Å². The van der Waals surface area contributed by atoms with Gasteiger partial charge in [0.1, 0.15) is 5.82 Å². The third kappa shape index (κ3) is 5.74. The van der Waals surface area contributed by atoms with Crippen LogP contribution in [0, 0.1) is 11.7 Å². The molecule has 1 N–H and O–H groups in total. The Morgan fingerprint density at radius 1 is 1.43 bits per heavy atom. The Morgan fingerprint density at radius 3 is 2.87 bits per heavy atom. The monoisotopic (exact) mass is 382 g/mol. The fourth-order valence-corrected chi connectivity index (χ4v) is 3.35. The number of halogens is 2. The summed E-state index contributed by atoms with van der Waals surface area (Å²) >= 11 is 3.35. The number of nitrogens with zero attached hydrogens (tertiary/aromatic N) is 1. The molecule has 1 saturated heterocycles. The van der Waals surface area contributed by atoms with Crippen LogP contribution >= 0.6 is 15.9 Å². The number of nitrogens with one attached hydrogen (secondary N) is 1. The van der Waals surface area contributed by atoms with E-state index in [1.165, 1.54) is 6.07 Å². The van der Waals surface area contributed by atoms with Crippen LogP contribution in [-0.2, 0) is 11.3 Å². The fourth-order valence-electron chi connectivity index (χ4n) is 2.94. The van der Waals surface area contributed by atoms with Crippen LogP contribution in [0.1, 0.15) is 31.2 Å². The molecular formula is C18H24BrFN2O. The van der Waals surface area contributed by atoms with E-state index >= 15 is 0 Å². The summed E-state index contributed by atoms with van der Waals surface area (Å²) in [5.74, 6) is 0.407. The molecule has 0 atom stereocenters. The average Bonchev–Trinajstić information content (AvgIpc) is 2.56. The first-order chi connectivity index (χ1) is 11.1. The Balaban J connectivity index is 1.94. The highest BCUT2D eigenvalue weighted by Crippen LogP contribution is 2.20. The van der Waals surface area contributed by atoms with E-state index in [2.05, 4.69) is 27.8 Å². The highest BCUT2D eigenvalue weighted by atomic mass is 79.9. The summed E-state index contributed by atoms with van der Waals surface area (Å²) in [6.07, 6.45) is 5.39. The van der Waals surface area contributed by atoms with Gasteiger partial charge in [0, 0.05) is 29.5 Å². The van der Waals surface area contributed by atoms with E-state index in [9.17, 15) is 9.18 Å². The molecule has 0 radical (unpaired) electrons. The smallest absolute Gasteiger partial charge is 0.223 e. The lowest BCUT2D eigenvalue weighted by Crippen LogP contribution is -2.32. The Bertz CT molecular complexity index is 544. The van der Waals surface area contributed by atoms with Crippen LogP contribution in [0.2, 0.25) is 0 Å². The number of rotatable bonds is 7. The zero-order valence-electron chi connectivity index (χ0n) is 13.4. The molecule has 3 nitrogen and oxygen atoms in total. The van der Waals surface area contributed by atoms with Crippen LogP contribution in [0.4, 0.5) is 4.39 Å². The second kappa shape index (κ2) is 9.18. The molecule has 1 aliphatic rings. The second-order valence-corrected chi connectivity index (χ2v) is 6.95. The summed E-state index contributed by atoms with van der Waals surface area (Å²) in [6, 6.07) is 4.81. The van der Waals surface area contributed by atoms with Crippen molar-refractivity contribution in [2.45, 2.75) is 32.2 Å². The van der Waals surface area contributed by atoms with Gasteiger partial charge in [-0.1, -0.05) is 22.0 Å². The summed E-state index contributed by atoms with van der Waals surface area (Å²) < 4.78 is 14.7. The molecule has 0 saturated carbocycles. The van der Waals surface area contributed by atoms with Crippen molar-refractivity contribution in [3.8, 4) is 0 Å². The number of hydrogen-bond acceptors (Lipinski definition) is 2. The van der Waals surface area contributed by atoms with Crippen molar-refractivity contribution in [1.82, 2.24) is 10.2 Å². The zero-order chi connectivity index (χ0) is 16.7. The van der Waals surface area contributed by atoms with Gasteiger partial charge in [0.15, 0.2) is 0 Å². The molecule has 0 aromatic heterocycles. The van der Waals surface area contributed by atoms with E-state index in [1.54, 1.807) is 23.1 Å². The quantitative estimate of drug-likeness (QED) is 0.725. The van der Waals surface area contributed by atoms with Crippen LogP contribution in [0.15, 0.2) is 35.3 Å². The van der Waals surface area contributed by atoms with Crippen molar-refractivity contribution in [3.63, 3.8) is 0 Å². The van der Waals surface area contributed by atoms with Crippen molar-refractivity contribution in [2.75, 3.05) is 19.6 Å². The van der Waals surface area contributed by atoms with Crippen LogP contribution in [0.3, 0.4) is 0 Å². The lowest BCUT2D eigenvalue weighted by atomic mass is 9.93. The second-order valence-electron chi connectivity index (χ2n) is 6.03. The van der Waals surface area contributed by atoms with Crippen LogP contribution in [-0.4, -0.2) is 30.4 Å². The third-order valence-corrected chi connectivity index (χ3v) is 4.79. The Kier molecular flexibility index (Phi) is 7.24. The first-order valence-corrected chi connectivity index (χ1v) is 8.92. The number of piperidine rings is 1. The molecule has 126 valence electrons. The summed E-state index contributed by atoms with van der Waals surface area (Å²) in [4.78, 5) is 14.2. The minimum absolute atomic E-state index is 0.0720. The first-order valence-electron chi connectivity index (χ1n) is 8.13. The maximum absolute atomic E-state index is 13.9. The standard InChI is InChI=1S/C18H24BrFN2O/c1-2-11-22(13-15-12-16(19)4-5-17(15)20)18(23)6-3-14-7-9-21-10-8-14/h2,4-5,12,14,21H,1,3,6-11,13H2. The fraction of sp³-hybridized carbons (Fsp3) is 0.500. The van der Waals surface area contributed by atoms with Crippen molar-refractivity contribution in [3.05, 3.63) is 46.7 Å². The van der Waals surface area contributed by atoms with Gasteiger partial charge in [0.05, 0.1) is 0 Å². The van der Waals surface area contributed by atoms with E-state index < -0.39 is 0 Å². The van der Waals surface area contributed by atoms with E-state index in [4.69, 9.17) is 0 Å². The highest BCUT2D eigenvalue weighted by Gasteiger charge is 2.18. The van der Waals surface area contributed by atoms with Crippen molar-refractivity contribution in [2.24, 2.45) is 5.92 Å². The van der Waals surface area contributed by atoms with Crippen molar-refractivity contribution < 1.29 is 9.18 Å². The largest absolute Gasteiger partial charge is 0.335 e. The molecule has 1 heterocycles. The number of carbonyl (C=O) groups excluding carboxylic acids is 1. The van der Waals surface area contributed by atoms with Crippen LogP contribution in [0.25, 0.3) is 0 Å². The van der Waals surface area contributed by atoms with Crippen LogP contribution < -0.4 is 5.32 Å². The van der Waals surface area contributed by atoms with Crippen molar-refractivity contribution in [1.29, 1.82) is 0 Å². The molecule has 0 unspecified atom stereocenters. The molecule has 1 aromatic carbocycles. The highest BCUT2D eigenvalue weighted by molar-refractivity contribution is 9.10. The predicted molar refractivity (Wildman–Crippen MR) is 94.5 cm³/mol. The number of benzene rings is 1. The van der Waals surface area contributed by atoms with Gasteiger partial charge in [0.25, 0.3) is 0 Å². The Morgan fingerprint density at radius 2 is 2.17 bits per heavy atom. The molecule has 5 heteroatoms. The zero-order valence-corrected chi connectivity index (χ0v) is 14.9. The SMILES string of the molecule is C=CCN(Cc1cc(Br)ccc1F)C(=O)CCC1CCNCC1. The van der Waals surface area contributed by atoms with Gasteiger partial charge in [-0.15, -0.1) is 6.58 Å². The van der Waals surface area contributed by atoms with Gasteiger partial charge >= 0.3 is 0 Å². The maximum atomic E-state index is 13.9. The van der Waals surface area contributed by atoms with E-state index in [1.807, 2.05) is 0 Å². The summed E-state index contributed by atoms with van der Waals surface area (Å²) in [5, 5.41) is 3.33. The topological polar surface area (TPSA) is 32.3 Å². The minimum Gasteiger partial charge on any atom is -0.335 e. The van der Waals surface area contributed by atoms with E-state index in [-0.39, 0.29) is 18.3 Å². The summed E-state index contributed by atoms with van der Waals surface area (Å²) in [7, 11) is 0. The molecule has 1 amide bonds. The van der Waals surface area contributed by atoms with Gasteiger partial charge in [0.2, 0.25) is 5.91 Å². The van der Waals surface area contributed by atoms with Crippen molar-refractivity contribution >= 4 is 21.8 Å². The number of hydrogen-bond donors (Lipinski definition) is 1. The molecular weight excluding hydrogens is 359 g/mol. The minimum atomic E-state index is -0.284. The van der Waals surface area contributed by atoms with Gasteiger partial charge in [-0.3, -0.25) is 4.79 Å². The summed E-state index contributed by atoms with van der Waals surface area (Å²) in [5.41, 5.74) is 0.524. The lowest BCUT2D eigenvalue weighted by molar-refractivity contribution is -0.131. The molecule has 1 aliphatic heterocycles. The van der Waals surface area contributed by atoms with E-state index in [0.717, 1.165) is 36.8 Å². The molecule has 23 heavy (non-hydrogen) atoms.